The smallest absolute Gasteiger partial charge is 0.125 e. The molecule has 0 fully saturated rings. The number of aromatic nitrogens is 2. The van der Waals surface area contributed by atoms with E-state index in [1.807, 2.05) is 30.3 Å². The van der Waals surface area contributed by atoms with Crippen molar-refractivity contribution in [2.75, 3.05) is 0 Å². The third-order valence-electron chi connectivity index (χ3n) is 3.36. The molecule has 0 amide bonds. The van der Waals surface area contributed by atoms with Gasteiger partial charge in [0.15, 0.2) is 0 Å². The lowest BCUT2D eigenvalue weighted by atomic mass is 10.2. The molecule has 4 heteroatoms. The zero-order valence-corrected chi connectivity index (χ0v) is 12.6. The molecule has 102 valence electrons. The van der Waals surface area contributed by atoms with Gasteiger partial charge in [0.05, 0.1) is 16.9 Å². The largest absolute Gasteiger partial charge is 0.322 e. The lowest BCUT2D eigenvalue weighted by Crippen LogP contribution is -2.03. The molecule has 0 bridgehead atoms. The Hall–Kier alpha value is -1.51. The lowest BCUT2D eigenvalue weighted by Gasteiger charge is -2.08. The predicted octanol–water partition coefficient (Wildman–Crippen LogP) is 4.79. The first-order valence-corrected chi connectivity index (χ1v) is 7.35. The summed E-state index contributed by atoms with van der Waals surface area (Å²) in [4.78, 5) is 4.59. The fraction of sp³-hybridized carbons (Fsp3) is 0.188. The minimum Gasteiger partial charge on any atom is -0.322 e. The number of hydrogen-bond acceptors (Lipinski definition) is 1. The van der Waals surface area contributed by atoms with Gasteiger partial charge in [-0.25, -0.2) is 4.98 Å². The Labute approximate surface area is 128 Å². The summed E-state index contributed by atoms with van der Waals surface area (Å²) in [6.45, 7) is 2.83. The summed E-state index contributed by atoms with van der Waals surface area (Å²) in [5.74, 6) is 1.30. The second-order valence-corrected chi connectivity index (χ2v) is 5.57. The average Bonchev–Trinajstić information content (AvgIpc) is 2.79. The molecule has 0 saturated carbocycles. The van der Waals surface area contributed by atoms with E-state index in [0.717, 1.165) is 28.4 Å². The van der Waals surface area contributed by atoms with E-state index in [9.17, 15) is 0 Å². The predicted molar refractivity (Wildman–Crippen MR) is 84.6 cm³/mol. The summed E-state index contributed by atoms with van der Waals surface area (Å²) in [5, 5.41) is 0.748. The highest BCUT2D eigenvalue weighted by atomic mass is 35.5. The van der Waals surface area contributed by atoms with Crippen LogP contribution in [0.3, 0.4) is 0 Å². The molecule has 0 spiro atoms. The van der Waals surface area contributed by atoms with Gasteiger partial charge >= 0.3 is 0 Å². The molecule has 1 aromatic heterocycles. The Morgan fingerprint density at radius 1 is 1.10 bits per heavy atom. The molecule has 0 N–H and O–H groups in total. The van der Waals surface area contributed by atoms with Crippen LogP contribution in [-0.4, -0.2) is 9.55 Å². The molecular weight excluding hydrogens is 291 g/mol. The molecule has 0 aliphatic carbocycles. The quantitative estimate of drug-likeness (QED) is 0.636. The number of nitrogens with zero attached hydrogens (tertiary/aromatic N) is 2. The van der Waals surface area contributed by atoms with Crippen molar-refractivity contribution in [2.45, 2.75) is 19.3 Å². The molecule has 1 heterocycles. The van der Waals surface area contributed by atoms with Crippen molar-refractivity contribution < 1.29 is 0 Å². The van der Waals surface area contributed by atoms with Gasteiger partial charge in [0.2, 0.25) is 0 Å². The molecule has 0 unspecified atom stereocenters. The summed E-state index contributed by atoms with van der Waals surface area (Å²) in [6, 6.07) is 14.1. The van der Waals surface area contributed by atoms with Crippen molar-refractivity contribution in [1.29, 1.82) is 0 Å². The van der Waals surface area contributed by atoms with E-state index in [4.69, 9.17) is 23.2 Å². The van der Waals surface area contributed by atoms with Gasteiger partial charge in [-0.15, -0.1) is 11.6 Å². The Morgan fingerprint density at radius 3 is 2.55 bits per heavy atom. The summed E-state index contributed by atoms with van der Waals surface area (Å²) in [6.07, 6.45) is 0. The third-order valence-corrected chi connectivity index (χ3v) is 3.85. The summed E-state index contributed by atoms with van der Waals surface area (Å²) < 4.78 is 2.17. The number of hydrogen-bond donors (Lipinski definition) is 0. The zero-order chi connectivity index (χ0) is 14.1. The van der Waals surface area contributed by atoms with Gasteiger partial charge in [0.25, 0.3) is 0 Å². The fourth-order valence-electron chi connectivity index (χ4n) is 2.33. The summed E-state index contributed by atoms with van der Waals surface area (Å²) in [7, 11) is 0. The molecule has 0 saturated heterocycles. The molecule has 0 aliphatic rings. The molecule has 0 aliphatic heterocycles. The molecular formula is C16H14Cl2N2. The normalized spacial score (nSPS) is 11.2. The molecule has 0 atom stereocenters. The highest BCUT2D eigenvalue weighted by molar-refractivity contribution is 6.30. The lowest BCUT2D eigenvalue weighted by molar-refractivity contribution is 0.778. The molecule has 3 aromatic rings. The standard InChI is InChI=1S/C16H14Cl2N2/c1-11-2-7-14-15(8-11)20(16(9-17)19-14)10-12-3-5-13(18)6-4-12/h2-8H,9-10H2,1H3. The Kier molecular flexibility index (Phi) is 3.68. The van der Waals surface area contributed by atoms with Crippen LogP contribution in [0.25, 0.3) is 11.0 Å². The van der Waals surface area contributed by atoms with Crippen molar-refractivity contribution in [1.82, 2.24) is 9.55 Å². The minimum atomic E-state index is 0.404. The number of aryl methyl sites for hydroxylation is 1. The van der Waals surface area contributed by atoms with Crippen molar-refractivity contribution in [3.05, 3.63) is 64.4 Å². The molecule has 2 aromatic carbocycles. The number of rotatable bonds is 3. The molecule has 2 nitrogen and oxygen atoms in total. The Morgan fingerprint density at radius 2 is 1.85 bits per heavy atom. The van der Waals surface area contributed by atoms with Gasteiger partial charge < -0.3 is 4.57 Å². The first-order chi connectivity index (χ1) is 9.67. The highest BCUT2D eigenvalue weighted by Crippen LogP contribution is 2.21. The maximum Gasteiger partial charge on any atom is 0.125 e. The first-order valence-electron chi connectivity index (χ1n) is 6.43. The van der Waals surface area contributed by atoms with Crippen LogP contribution in [0.15, 0.2) is 42.5 Å². The maximum atomic E-state index is 6.03. The van der Waals surface area contributed by atoms with Gasteiger partial charge in [-0.05, 0) is 42.3 Å². The van der Waals surface area contributed by atoms with Gasteiger partial charge in [-0.2, -0.15) is 0 Å². The Balaban J connectivity index is 2.08. The van der Waals surface area contributed by atoms with E-state index >= 15 is 0 Å². The van der Waals surface area contributed by atoms with Crippen LogP contribution in [0.4, 0.5) is 0 Å². The van der Waals surface area contributed by atoms with E-state index in [2.05, 4.69) is 28.6 Å². The van der Waals surface area contributed by atoms with Gasteiger partial charge in [0.1, 0.15) is 5.82 Å². The van der Waals surface area contributed by atoms with Gasteiger partial charge in [-0.3, -0.25) is 0 Å². The van der Waals surface area contributed by atoms with E-state index < -0.39 is 0 Å². The van der Waals surface area contributed by atoms with Crippen LogP contribution >= 0.6 is 23.2 Å². The zero-order valence-electron chi connectivity index (χ0n) is 11.1. The Bertz CT molecular complexity index is 745. The van der Waals surface area contributed by atoms with Gasteiger partial charge in [0, 0.05) is 11.6 Å². The molecule has 20 heavy (non-hydrogen) atoms. The monoisotopic (exact) mass is 304 g/mol. The van der Waals surface area contributed by atoms with Gasteiger partial charge in [-0.1, -0.05) is 29.8 Å². The molecule has 0 radical (unpaired) electrons. The van der Waals surface area contributed by atoms with Crippen molar-refractivity contribution in [2.24, 2.45) is 0 Å². The average molecular weight is 305 g/mol. The van der Waals surface area contributed by atoms with Crippen LogP contribution < -0.4 is 0 Å². The number of alkyl halides is 1. The second kappa shape index (κ2) is 5.47. The van der Waals surface area contributed by atoms with Crippen LogP contribution in [0.5, 0.6) is 0 Å². The third kappa shape index (κ3) is 2.54. The first kappa shape index (κ1) is 13.5. The van der Waals surface area contributed by atoms with E-state index in [0.29, 0.717) is 5.88 Å². The summed E-state index contributed by atoms with van der Waals surface area (Å²) in [5.41, 5.74) is 4.51. The number of imidazole rings is 1. The fourth-order valence-corrected chi connectivity index (χ4v) is 2.66. The SMILES string of the molecule is Cc1ccc2nc(CCl)n(Cc3ccc(Cl)cc3)c2c1. The number of halogens is 2. The van der Waals surface area contributed by atoms with Crippen LogP contribution in [0.1, 0.15) is 17.0 Å². The van der Waals surface area contributed by atoms with Crippen LogP contribution in [0.2, 0.25) is 5.02 Å². The number of benzene rings is 2. The van der Waals surface area contributed by atoms with E-state index in [1.54, 1.807) is 0 Å². The van der Waals surface area contributed by atoms with Crippen LogP contribution in [0, 0.1) is 6.92 Å². The molecule has 3 rings (SSSR count). The maximum absolute atomic E-state index is 6.03. The van der Waals surface area contributed by atoms with E-state index in [-0.39, 0.29) is 0 Å². The summed E-state index contributed by atoms with van der Waals surface area (Å²) >= 11 is 12.0. The minimum absolute atomic E-state index is 0.404. The topological polar surface area (TPSA) is 17.8 Å². The van der Waals surface area contributed by atoms with E-state index in [1.165, 1.54) is 11.1 Å². The van der Waals surface area contributed by atoms with Crippen LogP contribution in [-0.2, 0) is 12.4 Å². The van der Waals surface area contributed by atoms with Crippen molar-refractivity contribution in [3.8, 4) is 0 Å². The number of fused-ring (bicyclic) bond motifs is 1. The highest BCUT2D eigenvalue weighted by Gasteiger charge is 2.10. The second-order valence-electron chi connectivity index (χ2n) is 4.87. The van der Waals surface area contributed by atoms with Crippen molar-refractivity contribution in [3.63, 3.8) is 0 Å². The van der Waals surface area contributed by atoms with Crippen molar-refractivity contribution >= 4 is 34.2 Å².